The van der Waals surface area contributed by atoms with Crippen LogP contribution in [0.5, 0.6) is 0 Å². The third-order valence-electron chi connectivity index (χ3n) is 3.83. The van der Waals surface area contributed by atoms with E-state index in [-0.39, 0.29) is 22.6 Å². The zero-order valence-electron chi connectivity index (χ0n) is 11.9. The summed E-state index contributed by atoms with van der Waals surface area (Å²) in [5, 5.41) is 2.88. The van der Waals surface area contributed by atoms with Gasteiger partial charge in [-0.2, -0.15) is 0 Å². The molecule has 1 aromatic rings. The summed E-state index contributed by atoms with van der Waals surface area (Å²) >= 11 is 5.81. The first-order valence-electron chi connectivity index (χ1n) is 6.92. The molecule has 1 saturated heterocycles. The molecule has 23 heavy (non-hydrogen) atoms. The van der Waals surface area contributed by atoms with Crippen molar-refractivity contribution in [2.24, 2.45) is 0 Å². The van der Waals surface area contributed by atoms with Gasteiger partial charge in [0.05, 0.1) is 22.6 Å². The third kappa shape index (κ3) is 3.09. The summed E-state index contributed by atoms with van der Waals surface area (Å²) < 4.78 is 22.7. The van der Waals surface area contributed by atoms with Crippen LogP contribution in [0, 0.1) is 0 Å². The summed E-state index contributed by atoms with van der Waals surface area (Å²) in [6, 6.07) is 3.85. The number of halogens is 1. The fraction of sp³-hybridized carbons (Fsp3) is 0.357. The van der Waals surface area contributed by atoms with Crippen LogP contribution >= 0.6 is 11.6 Å². The van der Waals surface area contributed by atoms with E-state index in [4.69, 9.17) is 11.6 Å². The Balaban J connectivity index is 1.68. The Morgan fingerprint density at radius 1 is 1.26 bits per heavy atom. The molecule has 0 aliphatic carbocycles. The number of rotatable bonds is 3. The number of amides is 3. The smallest absolute Gasteiger partial charge is 0.262 e. The average Bonchev–Trinajstić information content (AvgIpc) is 2.91. The van der Waals surface area contributed by atoms with Crippen LogP contribution in [0.3, 0.4) is 0 Å². The topological polar surface area (TPSA) is 101 Å². The number of imide groups is 1. The van der Waals surface area contributed by atoms with Crippen molar-refractivity contribution < 1.29 is 22.8 Å². The summed E-state index contributed by atoms with van der Waals surface area (Å²) in [4.78, 5) is 37.2. The van der Waals surface area contributed by atoms with Gasteiger partial charge >= 0.3 is 0 Å². The standard InChI is InChI=1S/C14H13ClN2O5S/c15-8-1-2-10-11(5-8)14(20)17(13(10)19)6-12(18)16-9-3-4-23(21,22)7-9/h1-2,5,9H,3-4,6-7H2,(H,16,18). The van der Waals surface area contributed by atoms with Crippen molar-refractivity contribution in [2.75, 3.05) is 18.1 Å². The Morgan fingerprint density at radius 3 is 2.61 bits per heavy atom. The largest absolute Gasteiger partial charge is 0.351 e. The fourth-order valence-corrected chi connectivity index (χ4v) is 4.58. The Morgan fingerprint density at radius 2 is 1.96 bits per heavy atom. The van der Waals surface area contributed by atoms with E-state index in [2.05, 4.69) is 5.32 Å². The van der Waals surface area contributed by atoms with Gasteiger partial charge in [0, 0.05) is 11.1 Å². The Hall–Kier alpha value is -1.93. The van der Waals surface area contributed by atoms with Crippen LogP contribution in [0.25, 0.3) is 0 Å². The van der Waals surface area contributed by atoms with E-state index >= 15 is 0 Å². The molecule has 2 heterocycles. The lowest BCUT2D eigenvalue weighted by Gasteiger charge is -2.16. The quantitative estimate of drug-likeness (QED) is 0.782. The Kier molecular flexibility index (Phi) is 3.89. The van der Waals surface area contributed by atoms with E-state index in [1.165, 1.54) is 18.2 Å². The van der Waals surface area contributed by atoms with Gasteiger partial charge in [-0.25, -0.2) is 8.42 Å². The van der Waals surface area contributed by atoms with Gasteiger partial charge in [0.1, 0.15) is 6.54 Å². The normalized spacial score (nSPS) is 22.3. The lowest BCUT2D eigenvalue weighted by molar-refractivity contribution is -0.121. The highest BCUT2D eigenvalue weighted by molar-refractivity contribution is 7.91. The van der Waals surface area contributed by atoms with Gasteiger partial charge in [-0.15, -0.1) is 0 Å². The second-order valence-corrected chi connectivity index (χ2v) is 8.22. The number of carbonyl (C=O) groups excluding carboxylic acids is 3. The summed E-state index contributed by atoms with van der Waals surface area (Å²) in [6.45, 7) is -0.444. The molecule has 0 radical (unpaired) electrons. The SMILES string of the molecule is O=C(CN1C(=O)c2ccc(Cl)cc2C1=O)NC1CCS(=O)(=O)C1. The highest BCUT2D eigenvalue weighted by Gasteiger charge is 2.37. The van der Waals surface area contributed by atoms with Crippen molar-refractivity contribution in [3.8, 4) is 0 Å². The van der Waals surface area contributed by atoms with Gasteiger partial charge in [0.15, 0.2) is 9.84 Å². The van der Waals surface area contributed by atoms with E-state index in [0.29, 0.717) is 11.4 Å². The molecule has 1 fully saturated rings. The van der Waals surface area contributed by atoms with E-state index in [1.807, 2.05) is 0 Å². The molecule has 9 heteroatoms. The molecule has 0 aromatic heterocycles. The van der Waals surface area contributed by atoms with E-state index in [0.717, 1.165) is 4.90 Å². The lowest BCUT2D eigenvalue weighted by atomic mass is 10.1. The zero-order chi connectivity index (χ0) is 16.8. The maximum absolute atomic E-state index is 12.2. The van der Waals surface area contributed by atoms with Crippen LogP contribution in [0.4, 0.5) is 0 Å². The maximum Gasteiger partial charge on any atom is 0.262 e. The molecule has 1 N–H and O–H groups in total. The number of sulfone groups is 1. The van der Waals surface area contributed by atoms with E-state index in [1.54, 1.807) is 0 Å². The maximum atomic E-state index is 12.2. The predicted molar refractivity (Wildman–Crippen MR) is 82.0 cm³/mol. The third-order valence-corrected chi connectivity index (χ3v) is 5.84. The monoisotopic (exact) mass is 356 g/mol. The van der Waals surface area contributed by atoms with Gasteiger partial charge < -0.3 is 5.32 Å². The first kappa shape index (κ1) is 15.9. The van der Waals surface area contributed by atoms with Gasteiger partial charge in [0.25, 0.3) is 11.8 Å². The van der Waals surface area contributed by atoms with Crippen molar-refractivity contribution in [1.29, 1.82) is 0 Å². The summed E-state index contributed by atoms with van der Waals surface area (Å²) in [7, 11) is -3.12. The molecule has 2 aliphatic heterocycles. The number of hydrogen-bond donors (Lipinski definition) is 1. The highest BCUT2D eigenvalue weighted by atomic mass is 35.5. The predicted octanol–water partition coefficient (Wildman–Crippen LogP) is 0.239. The van der Waals surface area contributed by atoms with E-state index in [9.17, 15) is 22.8 Å². The molecule has 0 spiro atoms. The molecule has 0 bridgehead atoms. The zero-order valence-corrected chi connectivity index (χ0v) is 13.5. The molecule has 1 aromatic carbocycles. The van der Waals surface area contributed by atoms with Gasteiger partial charge in [-0.05, 0) is 24.6 Å². The molecule has 2 aliphatic rings. The molecular weight excluding hydrogens is 344 g/mol. The number of fused-ring (bicyclic) bond motifs is 1. The summed E-state index contributed by atoms with van der Waals surface area (Å²) in [6.07, 6.45) is 0.339. The van der Waals surface area contributed by atoms with Gasteiger partial charge in [-0.1, -0.05) is 11.6 Å². The van der Waals surface area contributed by atoms with Gasteiger partial charge in [0.2, 0.25) is 5.91 Å². The van der Waals surface area contributed by atoms with E-state index < -0.39 is 40.1 Å². The van der Waals surface area contributed by atoms with Crippen LogP contribution in [-0.4, -0.2) is 55.1 Å². The molecular formula is C14H13ClN2O5S. The van der Waals surface area contributed by atoms with Crippen LogP contribution in [-0.2, 0) is 14.6 Å². The average molecular weight is 357 g/mol. The van der Waals surface area contributed by atoms with Crippen molar-refractivity contribution >= 4 is 39.2 Å². The molecule has 3 amide bonds. The van der Waals surface area contributed by atoms with Crippen molar-refractivity contribution in [2.45, 2.75) is 12.5 Å². The summed E-state index contributed by atoms with van der Waals surface area (Å²) in [5.74, 6) is -1.79. The van der Waals surface area contributed by atoms with Crippen LogP contribution < -0.4 is 5.32 Å². The second kappa shape index (κ2) is 5.61. The van der Waals surface area contributed by atoms with Crippen LogP contribution in [0.1, 0.15) is 27.1 Å². The number of carbonyl (C=O) groups is 3. The Bertz CT molecular complexity index is 820. The number of hydrogen-bond acceptors (Lipinski definition) is 5. The van der Waals surface area contributed by atoms with Crippen LogP contribution in [0.15, 0.2) is 18.2 Å². The van der Waals surface area contributed by atoms with Gasteiger partial charge in [-0.3, -0.25) is 19.3 Å². The minimum atomic E-state index is -3.12. The molecule has 1 unspecified atom stereocenters. The van der Waals surface area contributed by atoms with Crippen molar-refractivity contribution in [3.63, 3.8) is 0 Å². The number of benzene rings is 1. The molecule has 3 rings (SSSR count). The molecule has 122 valence electrons. The fourth-order valence-electron chi connectivity index (χ4n) is 2.73. The van der Waals surface area contributed by atoms with Crippen LogP contribution in [0.2, 0.25) is 5.02 Å². The molecule has 1 atom stereocenters. The first-order chi connectivity index (χ1) is 10.8. The second-order valence-electron chi connectivity index (χ2n) is 5.55. The van der Waals surface area contributed by atoms with Crippen molar-refractivity contribution in [1.82, 2.24) is 10.2 Å². The lowest BCUT2D eigenvalue weighted by Crippen LogP contribution is -2.44. The molecule has 0 saturated carbocycles. The Labute approximate surface area is 137 Å². The highest BCUT2D eigenvalue weighted by Crippen LogP contribution is 2.25. The minimum Gasteiger partial charge on any atom is -0.351 e. The number of nitrogens with zero attached hydrogens (tertiary/aromatic N) is 1. The molecule has 7 nitrogen and oxygen atoms in total. The first-order valence-corrected chi connectivity index (χ1v) is 9.12. The summed E-state index contributed by atoms with van der Waals surface area (Å²) in [5.41, 5.74) is 0.370. The minimum absolute atomic E-state index is 0.0312. The van der Waals surface area contributed by atoms with Crippen molar-refractivity contribution in [3.05, 3.63) is 34.3 Å². The number of nitrogens with one attached hydrogen (secondary N) is 1.